The molecule has 0 unspecified atom stereocenters. The number of amides is 1. The van der Waals surface area contributed by atoms with E-state index in [1.165, 1.54) is 0 Å². The van der Waals surface area contributed by atoms with Gasteiger partial charge in [-0.3, -0.25) is 4.79 Å². The largest absolute Gasteiger partial charge is 0.491 e. The van der Waals surface area contributed by atoms with Gasteiger partial charge < -0.3 is 10.1 Å². The number of halogens is 2. The highest BCUT2D eigenvalue weighted by Gasteiger charge is 2.42. The Kier molecular flexibility index (Phi) is 6.90. The lowest BCUT2D eigenvalue weighted by atomic mass is 9.68. The second kappa shape index (κ2) is 9.19. The van der Waals surface area contributed by atoms with Crippen LogP contribution in [0.3, 0.4) is 0 Å². The maximum atomic E-state index is 13.4. The van der Waals surface area contributed by atoms with Crippen molar-refractivity contribution >= 4 is 34.8 Å². The molecule has 1 saturated carbocycles. The number of benzene rings is 2. The van der Waals surface area contributed by atoms with Gasteiger partial charge in [-0.15, -0.1) is 0 Å². The van der Waals surface area contributed by atoms with Gasteiger partial charge in [0.25, 0.3) is 0 Å². The SMILES string of the molecule is CC[C@H](C)Oc1ccc(NC(=O)C2(c3ccc(Cl)cc3Cl)CCCCC2)cc1. The number of carbonyl (C=O) groups is 1. The molecule has 1 amide bonds. The van der Waals surface area contributed by atoms with Crippen LogP contribution >= 0.6 is 23.2 Å². The summed E-state index contributed by atoms with van der Waals surface area (Å²) < 4.78 is 5.81. The molecular weight excluding hydrogens is 393 g/mol. The van der Waals surface area contributed by atoms with E-state index in [4.69, 9.17) is 27.9 Å². The van der Waals surface area contributed by atoms with Crippen LogP contribution in [0.5, 0.6) is 5.75 Å². The molecule has 1 aliphatic carbocycles. The molecule has 0 spiro atoms. The van der Waals surface area contributed by atoms with E-state index in [0.29, 0.717) is 10.0 Å². The van der Waals surface area contributed by atoms with Crippen molar-refractivity contribution in [2.75, 3.05) is 5.32 Å². The Balaban J connectivity index is 1.82. The van der Waals surface area contributed by atoms with Crippen LogP contribution in [0, 0.1) is 0 Å². The molecule has 1 atom stereocenters. The van der Waals surface area contributed by atoms with Crippen LogP contribution in [0.4, 0.5) is 5.69 Å². The topological polar surface area (TPSA) is 38.3 Å². The Bertz CT molecular complexity index is 814. The molecule has 1 aliphatic rings. The van der Waals surface area contributed by atoms with Gasteiger partial charge in [0.1, 0.15) is 5.75 Å². The van der Waals surface area contributed by atoms with Crippen LogP contribution in [-0.2, 0) is 10.2 Å². The number of rotatable bonds is 6. The van der Waals surface area contributed by atoms with E-state index in [1.54, 1.807) is 6.07 Å². The van der Waals surface area contributed by atoms with Gasteiger partial charge in [-0.05, 0) is 68.1 Å². The van der Waals surface area contributed by atoms with Gasteiger partial charge in [0.2, 0.25) is 5.91 Å². The fourth-order valence-electron chi connectivity index (χ4n) is 3.83. The number of carbonyl (C=O) groups excluding carboxylic acids is 1. The van der Waals surface area contributed by atoms with Gasteiger partial charge in [-0.25, -0.2) is 0 Å². The first-order valence-electron chi connectivity index (χ1n) is 9.98. The number of ether oxygens (including phenoxy) is 1. The van der Waals surface area contributed by atoms with Gasteiger partial charge in [-0.2, -0.15) is 0 Å². The zero-order chi connectivity index (χ0) is 20.1. The molecule has 0 bridgehead atoms. The van der Waals surface area contributed by atoms with E-state index in [2.05, 4.69) is 12.2 Å². The number of hydrogen-bond acceptors (Lipinski definition) is 2. The lowest BCUT2D eigenvalue weighted by molar-refractivity contribution is -0.122. The van der Waals surface area contributed by atoms with E-state index in [1.807, 2.05) is 43.3 Å². The van der Waals surface area contributed by atoms with Gasteiger partial charge in [0.15, 0.2) is 0 Å². The minimum absolute atomic E-state index is 0.00739. The van der Waals surface area contributed by atoms with Crippen molar-refractivity contribution in [1.82, 2.24) is 0 Å². The Morgan fingerprint density at radius 1 is 1.11 bits per heavy atom. The van der Waals surface area contributed by atoms with E-state index in [0.717, 1.165) is 55.5 Å². The Morgan fingerprint density at radius 2 is 1.79 bits per heavy atom. The zero-order valence-corrected chi connectivity index (χ0v) is 17.9. The van der Waals surface area contributed by atoms with Crippen molar-refractivity contribution in [3.05, 3.63) is 58.1 Å². The summed E-state index contributed by atoms with van der Waals surface area (Å²) in [5.41, 5.74) is 1.01. The van der Waals surface area contributed by atoms with Gasteiger partial charge in [0.05, 0.1) is 11.5 Å². The van der Waals surface area contributed by atoms with Gasteiger partial charge in [0, 0.05) is 15.7 Å². The van der Waals surface area contributed by atoms with Gasteiger partial charge >= 0.3 is 0 Å². The maximum Gasteiger partial charge on any atom is 0.235 e. The van der Waals surface area contributed by atoms with Crippen LogP contribution in [0.1, 0.15) is 57.9 Å². The summed E-state index contributed by atoms with van der Waals surface area (Å²) in [6.45, 7) is 4.13. The summed E-state index contributed by atoms with van der Waals surface area (Å²) in [7, 11) is 0. The molecule has 3 nitrogen and oxygen atoms in total. The third kappa shape index (κ3) is 4.64. The normalized spacial score (nSPS) is 17.0. The monoisotopic (exact) mass is 419 g/mol. The quantitative estimate of drug-likeness (QED) is 0.546. The highest BCUT2D eigenvalue weighted by atomic mass is 35.5. The van der Waals surface area contributed by atoms with Crippen molar-refractivity contribution in [1.29, 1.82) is 0 Å². The fraction of sp³-hybridized carbons (Fsp3) is 0.435. The average Bonchev–Trinajstić information content (AvgIpc) is 2.69. The maximum absolute atomic E-state index is 13.4. The van der Waals surface area contributed by atoms with Crippen molar-refractivity contribution in [3.63, 3.8) is 0 Å². The first kappa shape index (κ1) is 21.0. The molecule has 3 rings (SSSR count). The smallest absolute Gasteiger partial charge is 0.235 e. The van der Waals surface area contributed by atoms with Crippen LogP contribution < -0.4 is 10.1 Å². The highest BCUT2D eigenvalue weighted by molar-refractivity contribution is 6.35. The number of nitrogens with one attached hydrogen (secondary N) is 1. The van der Waals surface area contributed by atoms with E-state index in [9.17, 15) is 4.79 Å². The summed E-state index contributed by atoms with van der Waals surface area (Å²) in [5.74, 6) is 0.799. The van der Waals surface area contributed by atoms with E-state index < -0.39 is 5.41 Å². The lowest BCUT2D eigenvalue weighted by Gasteiger charge is -2.37. The molecule has 28 heavy (non-hydrogen) atoms. The van der Waals surface area contributed by atoms with E-state index >= 15 is 0 Å². The standard InChI is InChI=1S/C23H27Cl2NO2/c1-3-16(2)28-19-10-8-18(9-11-19)26-22(27)23(13-5-4-6-14-23)20-12-7-17(24)15-21(20)25/h7-12,15-16H,3-6,13-14H2,1-2H3,(H,26,27)/t16-/m0/s1. The fourth-order valence-corrected chi connectivity index (χ4v) is 4.42. The average molecular weight is 420 g/mol. The summed E-state index contributed by atoms with van der Waals surface area (Å²) in [4.78, 5) is 13.4. The molecule has 2 aromatic carbocycles. The Morgan fingerprint density at radius 3 is 2.39 bits per heavy atom. The molecule has 2 aromatic rings. The minimum Gasteiger partial charge on any atom is -0.491 e. The highest BCUT2D eigenvalue weighted by Crippen LogP contribution is 2.44. The third-order valence-electron chi connectivity index (χ3n) is 5.61. The molecule has 1 N–H and O–H groups in total. The van der Waals surface area contributed by atoms with Crippen LogP contribution in [0.15, 0.2) is 42.5 Å². The molecule has 1 fully saturated rings. The first-order chi connectivity index (χ1) is 13.4. The molecule has 5 heteroatoms. The van der Waals surface area contributed by atoms with Crippen molar-refractivity contribution in [2.24, 2.45) is 0 Å². The number of anilines is 1. The zero-order valence-electron chi connectivity index (χ0n) is 16.4. The van der Waals surface area contributed by atoms with Crippen LogP contribution in [0.2, 0.25) is 10.0 Å². The molecule has 0 radical (unpaired) electrons. The molecule has 0 saturated heterocycles. The molecule has 0 heterocycles. The second-order valence-electron chi connectivity index (χ2n) is 7.58. The predicted molar refractivity (Wildman–Crippen MR) is 117 cm³/mol. The molecule has 0 aliphatic heterocycles. The lowest BCUT2D eigenvalue weighted by Crippen LogP contribution is -2.42. The van der Waals surface area contributed by atoms with Crippen molar-refractivity contribution in [2.45, 2.75) is 63.9 Å². The summed E-state index contributed by atoms with van der Waals surface area (Å²) in [6, 6.07) is 13.0. The second-order valence-corrected chi connectivity index (χ2v) is 8.43. The molecular formula is C23H27Cl2NO2. The Hall–Kier alpha value is -1.71. The summed E-state index contributed by atoms with van der Waals surface area (Å²) >= 11 is 12.6. The Labute approximate surface area is 177 Å². The van der Waals surface area contributed by atoms with Crippen LogP contribution in [-0.4, -0.2) is 12.0 Å². The molecule has 0 aromatic heterocycles. The van der Waals surface area contributed by atoms with E-state index in [-0.39, 0.29) is 12.0 Å². The number of hydrogen-bond donors (Lipinski definition) is 1. The minimum atomic E-state index is -0.619. The molecule has 150 valence electrons. The van der Waals surface area contributed by atoms with Crippen molar-refractivity contribution < 1.29 is 9.53 Å². The van der Waals surface area contributed by atoms with Crippen molar-refractivity contribution in [3.8, 4) is 5.75 Å². The summed E-state index contributed by atoms with van der Waals surface area (Å²) in [5, 5.41) is 4.24. The first-order valence-corrected chi connectivity index (χ1v) is 10.7. The van der Waals surface area contributed by atoms with Gasteiger partial charge in [-0.1, -0.05) is 55.5 Å². The third-order valence-corrected chi connectivity index (χ3v) is 6.16. The predicted octanol–water partition coefficient (Wildman–Crippen LogP) is 7.01. The summed E-state index contributed by atoms with van der Waals surface area (Å²) in [6.07, 6.45) is 5.84. The van der Waals surface area contributed by atoms with Crippen LogP contribution in [0.25, 0.3) is 0 Å².